The molecule has 1 amide bonds. The Labute approximate surface area is 141 Å². The number of rotatable bonds is 4. The number of aromatic nitrogens is 3. The van der Waals surface area contributed by atoms with Crippen molar-refractivity contribution in [2.45, 2.75) is 13.5 Å². The van der Waals surface area contributed by atoms with Gasteiger partial charge in [0.2, 0.25) is 5.91 Å². The molecule has 0 radical (unpaired) electrons. The van der Waals surface area contributed by atoms with Crippen LogP contribution >= 0.6 is 11.6 Å². The number of amides is 1. The molecule has 0 atom stereocenters. The molecule has 3 rings (SSSR count). The first-order valence-electron chi connectivity index (χ1n) is 7.09. The van der Waals surface area contributed by atoms with E-state index in [1.165, 1.54) is 10.6 Å². The third kappa shape index (κ3) is 3.52. The molecule has 0 aliphatic rings. The number of carbonyl (C=O) groups is 1. The molecule has 0 aliphatic heterocycles. The molecule has 1 N–H and O–H groups in total. The average molecular weight is 345 g/mol. The van der Waals surface area contributed by atoms with E-state index in [1.54, 1.807) is 43.3 Å². The van der Waals surface area contributed by atoms with Crippen LogP contribution in [-0.4, -0.2) is 20.6 Å². The summed E-state index contributed by atoms with van der Waals surface area (Å²) in [5, 5.41) is 6.90. The standard InChI is InChI=1S/C16H13ClN4O3/c1-10-18-16(24-20-10)13-6-3-7-15(23)21(13)9-14(22)19-12-5-2-4-11(17)8-12/h2-8H,9H2,1H3,(H,19,22). The highest BCUT2D eigenvalue weighted by Gasteiger charge is 2.15. The van der Waals surface area contributed by atoms with Gasteiger partial charge in [0.1, 0.15) is 12.2 Å². The number of halogens is 1. The monoisotopic (exact) mass is 344 g/mol. The Balaban J connectivity index is 1.87. The Kier molecular flexibility index (Phi) is 4.43. The molecule has 122 valence electrons. The maximum absolute atomic E-state index is 12.3. The minimum absolute atomic E-state index is 0.181. The van der Waals surface area contributed by atoms with Crippen molar-refractivity contribution in [3.05, 3.63) is 63.7 Å². The van der Waals surface area contributed by atoms with Gasteiger partial charge in [0.05, 0.1) is 0 Å². The molecule has 0 fully saturated rings. The first-order chi connectivity index (χ1) is 11.5. The summed E-state index contributed by atoms with van der Waals surface area (Å²) >= 11 is 5.89. The van der Waals surface area contributed by atoms with Gasteiger partial charge in [0, 0.05) is 16.8 Å². The van der Waals surface area contributed by atoms with Crippen LogP contribution in [0.15, 0.2) is 51.8 Å². The van der Waals surface area contributed by atoms with Crippen molar-refractivity contribution >= 4 is 23.2 Å². The number of carbonyl (C=O) groups excluding carboxylic acids is 1. The third-order valence-electron chi connectivity index (χ3n) is 3.21. The maximum Gasteiger partial charge on any atom is 0.274 e. The Hall–Kier alpha value is -2.93. The van der Waals surface area contributed by atoms with E-state index < -0.39 is 0 Å². The number of anilines is 1. The summed E-state index contributed by atoms with van der Waals surface area (Å²) < 4.78 is 6.36. The van der Waals surface area contributed by atoms with Gasteiger partial charge in [-0.3, -0.25) is 14.2 Å². The zero-order chi connectivity index (χ0) is 17.1. The zero-order valence-electron chi connectivity index (χ0n) is 12.7. The van der Waals surface area contributed by atoms with Gasteiger partial charge in [-0.05, 0) is 31.2 Å². The normalized spacial score (nSPS) is 10.6. The molecule has 8 heteroatoms. The maximum atomic E-state index is 12.3. The molecular formula is C16H13ClN4O3. The number of nitrogens with zero attached hydrogens (tertiary/aromatic N) is 3. The van der Waals surface area contributed by atoms with E-state index in [0.29, 0.717) is 22.2 Å². The molecule has 0 spiro atoms. The van der Waals surface area contributed by atoms with E-state index in [9.17, 15) is 9.59 Å². The molecule has 0 saturated carbocycles. The summed E-state index contributed by atoms with van der Waals surface area (Å²) in [6.07, 6.45) is 0. The Bertz CT molecular complexity index is 948. The Morgan fingerprint density at radius 3 is 2.79 bits per heavy atom. The van der Waals surface area contributed by atoms with E-state index in [-0.39, 0.29) is 23.9 Å². The summed E-state index contributed by atoms with van der Waals surface area (Å²) in [5.74, 6) is 0.250. The minimum atomic E-state index is -0.372. The lowest BCUT2D eigenvalue weighted by atomic mass is 10.3. The van der Waals surface area contributed by atoms with Crippen molar-refractivity contribution in [3.63, 3.8) is 0 Å². The highest BCUT2D eigenvalue weighted by atomic mass is 35.5. The molecular weight excluding hydrogens is 332 g/mol. The molecule has 3 aromatic rings. The molecule has 7 nitrogen and oxygen atoms in total. The second kappa shape index (κ2) is 6.67. The van der Waals surface area contributed by atoms with Crippen molar-refractivity contribution in [1.29, 1.82) is 0 Å². The van der Waals surface area contributed by atoms with Crippen LogP contribution in [0.5, 0.6) is 0 Å². The summed E-state index contributed by atoms with van der Waals surface area (Å²) in [5.41, 5.74) is 0.584. The van der Waals surface area contributed by atoms with Gasteiger partial charge >= 0.3 is 0 Å². The van der Waals surface area contributed by atoms with Crippen LogP contribution in [0.2, 0.25) is 5.02 Å². The number of benzene rings is 1. The Morgan fingerprint density at radius 1 is 1.29 bits per heavy atom. The van der Waals surface area contributed by atoms with E-state index in [2.05, 4.69) is 15.5 Å². The fourth-order valence-corrected chi connectivity index (χ4v) is 2.37. The summed E-state index contributed by atoms with van der Waals surface area (Å²) in [7, 11) is 0. The van der Waals surface area contributed by atoms with Crippen molar-refractivity contribution < 1.29 is 9.32 Å². The fraction of sp³-hybridized carbons (Fsp3) is 0.125. The molecule has 2 heterocycles. The number of pyridine rings is 1. The second-order valence-electron chi connectivity index (χ2n) is 5.04. The number of hydrogen-bond acceptors (Lipinski definition) is 5. The van der Waals surface area contributed by atoms with Crippen LogP contribution in [-0.2, 0) is 11.3 Å². The topological polar surface area (TPSA) is 90.0 Å². The van der Waals surface area contributed by atoms with Crippen LogP contribution in [0.4, 0.5) is 5.69 Å². The average Bonchev–Trinajstić information content (AvgIpc) is 2.95. The van der Waals surface area contributed by atoms with Crippen LogP contribution < -0.4 is 10.9 Å². The summed E-state index contributed by atoms with van der Waals surface area (Å²) in [6.45, 7) is 1.48. The van der Waals surface area contributed by atoms with Crippen LogP contribution in [0.25, 0.3) is 11.6 Å². The molecule has 24 heavy (non-hydrogen) atoms. The molecule has 2 aromatic heterocycles. The highest BCUT2D eigenvalue weighted by molar-refractivity contribution is 6.30. The smallest absolute Gasteiger partial charge is 0.274 e. The predicted octanol–water partition coefficient (Wildman–Crippen LogP) is 2.50. The second-order valence-corrected chi connectivity index (χ2v) is 5.48. The Morgan fingerprint density at radius 2 is 2.08 bits per heavy atom. The van der Waals surface area contributed by atoms with Crippen molar-refractivity contribution in [3.8, 4) is 11.6 Å². The van der Waals surface area contributed by atoms with Crippen LogP contribution in [0.3, 0.4) is 0 Å². The lowest BCUT2D eigenvalue weighted by molar-refractivity contribution is -0.116. The van der Waals surface area contributed by atoms with Crippen LogP contribution in [0, 0.1) is 6.92 Å². The predicted molar refractivity (Wildman–Crippen MR) is 88.8 cm³/mol. The van der Waals surface area contributed by atoms with Gasteiger partial charge in [-0.2, -0.15) is 4.98 Å². The zero-order valence-corrected chi connectivity index (χ0v) is 13.4. The minimum Gasteiger partial charge on any atom is -0.332 e. The van der Waals surface area contributed by atoms with Gasteiger partial charge in [-0.1, -0.05) is 28.9 Å². The molecule has 1 aromatic carbocycles. The SMILES string of the molecule is Cc1noc(-c2cccc(=O)n2CC(=O)Nc2cccc(Cl)c2)n1. The molecule has 0 unspecified atom stereocenters. The van der Waals surface area contributed by atoms with E-state index in [0.717, 1.165) is 0 Å². The van der Waals surface area contributed by atoms with Gasteiger partial charge in [0.25, 0.3) is 11.4 Å². The lowest BCUT2D eigenvalue weighted by Crippen LogP contribution is -2.28. The highest BCUT2D eigenvalue weighted by Crippen LogP contribution is 2.17. The first kappa shape index (κ1) is 15.9. The third-order valence-corrected chi connectivity index (χ3v) is 3.44. The summed E-state index contributed by atoms with van der Waals surface area (Å²) in [4.78, 5) is 28.5. The van der Waals surface area contributed by atoms with E-state index >= 15 is 0 Å². The first-order valence-corrected chi connectivity index (χ1v) is 7.47. The van der Waals surface area contributed by atoms with E-state index in [1.807, 2.05) is 0 Å². The van der Waals surface area contributed by atoms with Gasteiger partial charge in [0.15, 0.2) is 5.82 Å². The lowest BCUT2D eigenvalue weighted by Gasteiger charge is -2.10. The van der Waals surface area contributed by atoms with Crippen molar-refractivity contribution in [2.24, 2.45) is 0 Å². The van der Waals surface area contributed by atoms with Crippen molar-refractivity contribution in [1.82, 2.24) is 14.7 Å². The van der Waals surface area contributed by atoms with Gasteiger partial charge in [-0.15, -0.1) is 0 Å². The van der Waals surface area contributed by atoms with Crippen LogP contribution in [0.1, 0.15) is 5.82 Å². The molecule has 0 saturated heterocycles. The number of hydrogen-bond donors (Lipinski definition) is 1. The fourth-order valence-electron chi connectivity index (χ4n) is 2.18. The van der Waals surface area contributed by atoms with Crippen molar-refractivity contribution in [2.75, 3.05) is 5.32 Å². The molecule has 0 aliphatic carbocycles. The number of nitrogens with one attached hydrogen (secondary N) is 1. The van der Waals surface area contributed by atoms with Gasteiger partial charge in [-0.25, -0.2) is 0 Å². The molecule has 0 bridgehead atoms. The quantitative estimate of drug-likeness (QED) is 0.785. The van der Waals surface area contributed by atoms with Gasteiger partial charge < -0.3 is 9.84 Å². The summed E-state index contributed by atoms with van der Waals surface area (Å²) in [6, 6.07) is 11.3. The van der Waals surface area contributed by atoms with E-state index in [4.69, 9.17) is 16.1 Å². The number of aryl methyl sites for hydroxylation is 1. The largest absolute Gasteiger partial charge is 0.332 e.